The lowest BCUT2D eigenvalue weighted by Gasteiger charge is -1.93. The molecule has 0 aliphatic rings. The van der Waals surface area contributed by atoms with Gasteiger partial charge >= 0.3 is 0 Å². The number of aromatic nitrogens is 3. The van der Waals surface area contributed by atoms with Gasteiger partial charge in [-0.2, -0.15) is 0 Å². The highest BCUT2D eigenvalue weighted by atomic mass is 19.1. The predicted molar refractivity (Wildman–Crippen MR) is 63.1 cm³/mol. The smallest absolute Gasteiger partial charge is 0.142 e. The standard InChI is InChI=1S/C13H10FN3/c1-9-2-3-17-8-12(16-13(17)4-9)10-5-11(14)7-15-6-10/h2-8H,1H3. The maximum absolute atomic E-state index is 13.1. The summed E-state index contributed by atoms with van der Waals surface area (Å²) in [6.45, 7) is 2.01. The van der Waals surface area contributed by atoms with Gasteiger partial charge in [0.2, 0.25) is 0 Å². The Morgan fingerprint density at radius 1 is 1.24 bits per heavy atom. The van der Waals surface area contributed by atoms with Gasteiger partial charge in [0.25, 0.3) is 0 Å². The molecule has 0 N–H and O–H groups in total. The highest BCUT2D eigenvalue weighted by molar-refractivity contribution is 5.61. The van der Waals surface area contributed by atoms with Gasteiger partial charge in [-0.3, -0.25) is 4.98 Å². The Bertz CT molecular complexity index is 688. The Balaban J connectivity index is 2.18. The fourth-order valence-electron chi connectivity index (χ4n) is 1.77. The molecule has 0 aromatic carbocycles. The number of hydrogen-bond donors (Lipinski definition) is 0. The van der Waals surface area contributed by atoms with Crippen LogP contribution in [0.5, 0.6) is 0 Å². The van der Waals surface area contributed by atoms with Crippen molar-refractivity contribution >= 4 is 5.65 Å². The number of pyridine rings is 2. The lowest BCUT2D eigenvalue weighted by molar-refractivity contribution is 0.622. The van der Waals surface area contributed by atoms with Crippen LogP contribution in [0.25, 0.3) is 16.9 Å². The minimum atomic E-state index is -0.351. The molecule has 3 aromatic rings. The maximum atomic E-state index is 13.1. The second-order valence-corrected chi connectivity index (χ2v) is 3.99. The molecule has 0 aliphatic carbocycles. The second kappa shape index (κ2) is 3.66. The third kappa shape index (κ3) is 1.78. The molecule has 0 atom stereocenters. The molecule has 0 fully saturated rings. The first-order chi connectivity index (χ1) is 8.22. The van der Waals surface area contributed by atoms with Gasteiger partial charge in [0, 0.05) is 24.2 Å². The number of imidazole rings is 1. The quantitative estimate of drug-likeness (QED) is 0.640. The normalized spacial score (nSPS) is 10.9. The number of halogens is 1. The molecule has 3 nitrogen and oxygen atoms in total. The second-order valence-electron chi connectivity index (χ2n) is 3.99. The van der Waals surface area contributed by atoms with E-state index in [1.165, 1.54) is 12.3 Å². The molecule has 4 heteroatoms. The molecule has 0 saturated carbocycles. The number of nitrogens with zero attached hydrogens (tertiary/aromatic N) is 3. The van der Waals surface area contributed by atoms with Crippen LogP contribution in [0.15, 0.2) is 43.0 Å². The first kappa shape index (κ1) is 9.96. The summed E-state index contributed by atoms with van der Waals surface area (Å²) in [4.78, 5) is 8.27. The number of rotatable bonds is 1. The van der Waals surface area contributed by atoms with Crippen LogP contribution in [0.1, 0.15) is 5.56 Å². The van der Waals surface area contributed by atoms with Gasteiger partial charge in [0.05, 0.1) is 11.9 Å². The highest BCUT2D eigenvalue weighted by Gasteiger charge is 2.05. The third-order valence-corrected chi connectivity index (χ3v) is 2.62. The summed E-state index contributed by atoms with van der Waals surface area (Å²) in [5.74, 6) is -0.351. The van der Waals surface area contributed by atoms with Gasteiger partial charge in [0.1, 0.15) is 11.5 Å². The summed E-state index contributed by atoms with van der Waals surface area (Å²) in [7, 11) is 0. The fourth-order valence-corrected chi connectivity index (χ4v) is 1.77. The van der Waals surface area contributed by atoms with Gasteiger partial charge in [-0.1, -0.05) is 0 Å². The molecule has 3 rings (SSSR count). The van der Waals surface area contributed by atoms with Crippen molar-refractivity contribution in [2.75, 3.05) is 0 Å². The predicted octanol–water partition coefficient (Wildman–Crippen LogP) is 2.84. The van der Waals surface area contributed by atoms with Crippen LogP contribution >= 0.6 is 0 Å². The van der Waals surface area contributed by atoms with Gasteiger partial charge in [-0.25, -0.2) is 9.37 Å². The van der Waals surface area contributed by atoms with Crippen LogP contribution < -0.4 is 0 Å². The van der Waals surface area contributed by atoms with Crippen molar-refractivity contribution in [1.82, 2.24) is 14.4 Å². The molecule has 0 spiro atoms. The first-order valence-corrected chi connectivity index (χ1v) is 5.29. The van der Waals surface area contributed by atoms with Crippen LogP contribution in [0.4, 0.5) is 4.39 Å². The van der Waals surface area contributed by atoms with Crippen LogP contribution in [0.3, 0.4) is 0 Å². The minimum absolute atomic E-state index is 0.351. The minimum Gasteiger partial charge on any atom is -0.306 e. The summed E-state index contributed by atoms with van der Waals surface area (Å²) < 4.78 is 15.0. The molecular weight excluding hydrogens is 217 g/mol. The summed E-state index contributed by atoms with van der Waals surface area (Å²) in [5, 5.41) is 0. The molecule has 3 heterocycles. The van der Waals surface area contributed by atoms with E-state index in [9.17, 15) is 4.39 Å². The zero-order valence-electron chi connectivity index (χ0n) is 9.26. The van der Waals surface area contributed by atoms with Gasteiger partial charge in [-0.15, -0.1) is 0 Å². The maximum Gasteiger partial charge on any atom is 0.142 e. The summed E-state index contributed by atoms with van der Waals surface area (Å²) in [6.07, 6.45) is 6.60. The molecule has 0 bridgehead atoms. The fraction of sp³-hybridized carbons (Fsp3) is 0.0769. The molecule has 0 radical (unpaired) electrons. The zero-order chi connectivity index (χ0) is 11.8. The van der Waals surface area contributed by atoms with Crippen molar-refractivity contribution in [2.24, 2.45) is 0 Å². The average Bonchev–Trinajstić information content (AvgIpc) is 2.72. The van der Waals surface area contributed by atoms with Crippen molar-refractivity contribution in [3.05, 3.63) is 54.4 Å². The van der Waals surface area contributed by atoms with Crippen LogP contribution in [-0.4, -0.2) is 14.4 Å². The lowest BCUT2D eigenvalue weighted by atomic mass is 10.2. The molecule has 0 saturated heterocycles. The van der Waals surface area contributed by atoms with Crippen molar-refractivity contribution in [1.29, 1.82) is 0 Å². The summed E-state index contributed by atoms with van der Waals surface area (Å²) >= 11 is 0. The zero-order valence-corrected chi connectivity index (χ0v) is 9.26. The van der Waals surface area contributed by atoms with Gasteiger partial charge in [0.15, 0.2) is 0 Å². The van der Waals surface area contributed by atoms with Crippen molar-refractivity contribution < 1.29 is 4.39 Å². The number of fused-ring (bicyclic) bond motifs is 1. The van der Waals surface area contributed by atoms with Crippen LogP contribution in [0.2, 0.25) is 0 Å². The van der Waals surface area contributed by atoms with E-state index in [0.717, 1.165) is 16.9 Å². The van der Waals surface area contributed by atoms with Crippen molar-refractivity contribution in [2.45, 2.75) is 6.92 Å². The Morgan fingerprint density at radius 3 is 2.94 bits per heavy atom. The molecule has 0 unspecified atom stereocenters. The third-order valence-electron chi connectivity index (χ3n) is 2.62. The average molecular weight is 227 g/mol. The van der Waals surface area contributed by atoms with Gasteiger partial charge < -0.3 is 4.40 Å². The first-order valence-electron chi connectivity index (χ1n) is 5.29. The number of aryl methyl sites for hydroxylation is 1. The van der Waals surface area contributed by atoms with E-state index in [-0.39, 0.29) is 5.82 Å². The Morgan fingerprint density at radius 2 is 2.12 bits per heavy atom. The van der Waals surface area contributed by atoms with Gasteiger partial charge in [-0.05, 0) is 30.7 Å². The Labute approximate surface area is 97.6 Å². The molecule has 17 heavy (non-hydrogen) atoms. The highest BCUT2D eigenvalue weighted by Crippen LogP contribution is 2.19. The molecular formula is C13H10FN3. The van der Waals surface area contributed by atoms with E-state index < -0.39 is 0 Å². The topological polar surface area (TPSA) is 30.2 Å². The van der Waals surface area contributed by atoms with E-state index in [4.69, 9.17) is 0 Å². The van der Waals surface area contributed by atoms with E-state index in [1.54, 1.807) is 6.20 Å². The van der Waals surface area contributed by atoms with E-state index >= 15 is 0 Å². The largest absolute Gasteiger partial charge is 0.306 e. The molecule has 84 valence electrons. The number of hydrogen-bond acceptors (Lipinski definition) is 2. The van der Waals surface area contributed by atoms with E-state index in [2.05, 4.69) is 9.97 Å². The summed E-state index contributed by atoms with van der Waals surface area (Å²) in [6, 6.07) is 5.42. The van der Waals surface area contributed by atoms with Crippen molar-refractivity contribution in [3.63, 3.8) is 0 Å². The molecule has 3 aromatic heterocycles. The summed E-state index contributed by atoms with van der Waals surface area (Å²) in [5.41, 5.74) is 3.41. The van der Waals surface area contributed by atoms with E-state index in [1.807, 2.05) is 35.9 Å². The van der Waals surface area contributed by atoms with E-state index in [0.29, 0.717) is 5.56 Å². The Kier molecular flexibility index (Phi) is 2.14. The lowest BCUT2D eigenvalue weighted by Crippen LogP contribution is -1.82. The molecule has 0 amide bonds. The van der Waals surface area contributed by atoms with Crippen LogP contribution in [0, 0.1) is 12.7 Å². The SMILES string of the molecule is Cc1ccn2cc(-c3cncc(F)c3)nc2c1. The van der Waals surface area contributed by atoms with Crippen molar-refractivity contribution in [3.8, 4) is 11.3 Å². The monoisotopic (exact) mass is 227 g/mol. The Hall–Kier alpha value is -2.23. The molecule has 0 aliphatic heterocycles. The van der Waals surface area contributed by atoms with Crippen LogP contribution in [-0.2, 0) is 0 Å².